The highest BCUT2D eigenvalue weighted by molar-refractivity contribution is 6.10. The van der Waals surface area contributed by atoms with E-state index < -0.39 is 0 Å². The van der Waals surface area contributed by atoms with Gasteiger partial charge in [0.15, 0.2) is 0 Å². The van der Waals surface area contributed by atoms with Gasteiger partial charge in [-0.3, -0.25) is 0 Å². The summed E-state index contributed by atoms with van der Waals surface area (Å²) in [5.74, 6) is 0. The molecule has 0 saturated carbocycles. The summed E-state index contributed by atoms with van der Waals surface area (Å²) in [6, 6.07) is 16.9. The third kappa shape index (κ3) is 4.85. The molecule has 2 nitrogen and oxygen atoms in total. The first kappa shape index (κ1) is 20.0. The van der Waals surface area contributed by atoms with Gasteiger partial charge in [0, 0.05) is 12.7 Å². The van der Waals surface area contributed by atoms with E-state index >= 15 is 0 Å². The zero-order valence-electron chi connectivity index (χ0n) is 17.2. The smallest absolute Gasteiger partial charge is 0.0632 e. The van der Waals surface area contributed by atoms with Gasteiger partial charge in [0.05, 0.1) is 5.71 Å². The topological polar surface area (TPSA) is 35.9 Å². The van der Waals surface area contributed by atoms with Gasteiger partial charge in [0.1, 0.15) is 0 Å². The van der Waals surface area contributed by atoms with Crippen LogP contribution in [0, 0.1) is 5.41 Å². The summed E-state index contributed by atoms with van der Waals surface area (Å²) >= 11 is 0. The Hall–Kier alpha value is -2.35. The average Bonchev–Trinajstić information content (AvgIpc) is 2.58. The van der Waals surface area contributed by atoms with Crippen molar-refractivity contribution in [2.24, 2.45) is 0 Å². The third-order valence-corrected chi connectivity index (χ3v) is 4.68. The van der Waals surface area contributed by atoms with Crippen LogP contribution >= 0.6 is 0 Å². The largest absolute Gasteiger partial charge is 0.388 e. The average molecular weight is 349 g/mol. The molecule has 138 valence electrons. The van der Waals surface area contributed by atoms with Crippen molar-refractivity contribution in [3.8, 4) is 0 Å². The number of benzene rings is 2. The lowest BCUT2D eigenvalue weighted by molar-refractivity contribution is 0.590. The predicted octanol–water partition coefficient (Wildman–Crippen LogP) is 5.91. The van der Waals surface area contributed by atoms with E-state index in [9.17, 15) is 0 Å². The summed E-state index contributed by atoms with van der Waals surface area (Å²) in [5.41, 5.74) is 6.35. The first-order valence-corrected chi connectivity index (χ1v) is 9.22. The highest BCUT2D eigenvalue weighted by Gasteiger charge is 2.14. The molecule has 2 aromatic carbocycles. The van der Waals surface area contributed by atoms with Crippen molar-refractivity contribution in [3.63, 3.8) is 0 Å². The Morgan fingerprint density at radius 3 is 1.46 bits per heavy atom. The molecule has 26 heavy (non-hydrogen) atoms. The quantitative estimate of drug-likeness (QED) is 0.662. The lowest BCUT2D eigenvalue weighted by Gasteiger charge is -2.20. The Morgan fingerprint density at radius 2 is 1.12 bits per heavy atom. The maximum atomic E-state index is 8.46. The van der Waals surface area contributed by atoms with Crippen LogP contribution in [0.2, 0.25) is 0 Å². The molecule has 2 heteroatoms. The molecular formula is C24H32N2. The van der Waals surface area contributed by atoms with E-state index in [0.717, 1.165) is 16.8 Å². The van der Waals surface area contributed by atoms with E-state index in [-0.39, 0.29) is 10.8 Å². The molecule has 0 saturated heterocycles. The van der Waals surface area contributed by atoms with Gasteiger partial charge in [-0.25, -0.2) is 0 Å². The minimum Gasteiger partial charge on any atom is -0.388 e. The Bertz CT molecular complexity index is 780. The van der Waals surface area contributed by atoms with Crippen molar-refractivity contribution in [1.29, 1.82) is 5.41 Å². The van der Waals surface area contributed by atoms with Gasteiger partial charge in [0.25, 0.3) is 0 Å². The van der Waals surface area contributed by atoms with Crippen LogP contribution in [0.3, 0.4) is 0 Å². The Balaban J connectivity index is 2.26. The zero-order chi connectivity index (χ0) is 19.5. The number of hydrogen-bond acceptors (Lipinski definition) is 2. The third-order valence-electron chi connectivity index (χ3n) is 4.68. The van der Waals surface area contributed by atoms with E-state index in [1.54, 1.807) is 0 Å². The van der Waals surface area contributed by atoms with Crippen LogP contribution in [-0.4, -0.2) is 12.8 Å². The van der Waals surface area contributed by atoms with Crippen molar-refractivity contribution < 1.29 is 0 Å². The summed E-state index contributed by atoms with van der Waals surface area (Å²) < 4.78 is 0. The number of hydrogen-bond donors (Lipinski definition) is 2. The lowest BCUT2D eigenvalue weighted by atomic mass is 9.86. The fraction of sp³-hybridized carbons (Fsp3) is 0.375. The molecule has 2 N–H and O–H groups in total. The van der Waals surface area contributed by atoms with Gasteiger partial charge in [-0.2, -0.15) is 0 Å². The Kier molecular flexibility index (Phi) is 5.75. The summed E-state index contributed by atoms with van der Waals surface area (Å²) in [5, 5.41) is 11.7. The number of allylic oxidation sites excluding steroid dienone is 1. The molecule has 0 amide bonds. The van der Waals surface area contributed by atoms with Gasteiger partial charge in [-0.05, 0) is 39.2 Å². The van der Waals surface area contributed by atoms with Crippen LogP contribution in [0.25, 0.3) is 5.70 Å². The minimum atomic E-state index is 0.126. The van der Waals surface area contributed by atoms with E-state index in [1.165, 1.54) is 11.1 Å². The van der Waals surface area contributed by atoms with Crippen LogP contribution in [0.1, 0.15) is 63.8 Å². The molecule has 0 aliphatic heterocycles. The molecule has 2 rings (SSSR count). The minimum absolute atomic E-state index is 0.126. The molecule has 0 aliphatic rings. The molecule has 0 aromatic heterocycles. The molecule has 0 fully saturated rings. The molecular weight excluding hydrogens is 316 g/mol. The van der Waals surface area contributed by atoms with Crippen LogP contribution in [-0.2, 0) is 10.8 Å². The molecule has 0 unspecified atom stereocenters. The van der Waals surface area contributed by atoms with Crippen molar-refractivity contribution in [2.75, 3.05) is 7.05 Å². The predicted molar refractivity (Wildman–Crippen MR) is 114 cm³/mol. The maximum absolute atomic E-state index is 8.46. The standard InChI is InChI=1S/C24H32N2/c1-23(2,3)19-12-8-17(9-13-19)21(25)16-22(26-7)18-10-14-20(15-11-18)24(4,5)6/h8-16,25-26H,1-7H3/b22-16-,25-21?. The normalized spacial score (nSPS) is 12.8. The molecule has 0 aliphatic carbocycles. The van der Waals surface area contributed by atoms with Gasteiger partial charge >= 0.3 is 0 Å². The summed E-state index contributed by atoms with van der Waals surface area (Å²) in [4.78, 5) is 0. The van der Waals surface area contributed by atoms with Crippen LogP contribution in [0.5, 0.6) is 0 Å². The second-order valence-electron chi connectivity index (χ2n) is 8.88. The number of rotatable bonds is 4. The van der Waals surface area contributed by atoms with Crippen molar-refractivity contribution in [1.82, 2.24) is 5.32 Å². The molecule has 0 atom stereocenters. The summed E-state index contributed by atoms with van der Waals surface area (Å²) in [7, 11) is 1.90. The first-order chi connectivity index (χ1) is 12.0. The second kappa shape index (κ2) is 7.49. The Labute approximate surface area is 158 Å². The second-order valence-corrected chi connectivity index (χ2v) is 8.88. The molecule has 0 spiro atoms. The van der Waals surface area contributed by atoms with Crippen molar-refractivity contribution in [3.05, 3.63) is 76.9 Å². The first-order valence-electron chi connectivity index (χ1n) is 9.22. The molecule has 2 aromatic rings. The van der Waals surface area contributed by atoms with Crippen LogP contribution < -0.4 is 5.32 Å². The van der Waals surface area contributed by atoms with Gasteiger partial charge in [-0.1, -0.05) is 90.1 Å². The molecule has 0 radical (unpaired) electrons. The van der Waals surface area contributed by atoms with E-state index in [4.69, 9.17) is 5.41 Å². The molecule has 0 heterocycles. The van der Waals surface area contributed by atoms with Gasteiger partial charge in [0.2, 0.25) is 0 Å². The highest BCUT2D eigenvalue weighted by atomic mass is 14.8. The van der Waals surface area contributed by atoms with E-state index in [0.29, 0.717) is 5.71 Å². The molecule has 0 bridgehead atoms. The monoisotopic (exact) mass is 348 g/mol. The lowest BCUT2D eigenvalue weighted by Crippen LogP contribution is -2.12. The number of nitrogens with one attached hydrogen (secondary N) is 2. The van der Waals surface area contributed by atoms with Crippen molar-refractivity contribution in [2.45, 2.75) is 52.4 Å². The summed E-state index contributed by atoms with van der Waals surface area (Å²) in [6.07, 6.45) is 1.90. The highest BCUT2D eigenvalue weighted by Crippen LogP contribution is 2.25. The summed E-state index contributed by atoms with van der Waals surface area (Å²) in [6.45, 7) is 13.3. The fourth-order valence-electron chi connectivity index (χ4n) is 2.83. The van der Waals surface area contributed by atoms with E-state index in [2.05, 4.69) is 83.3 Å². The zero-order valence-corrected chi connectivity index (χ0v) is 17.2. The SMILES string of the molecule is CN/C(=C\C(=N)c1ccc(C(C)(C)C)cc1)c1ccc(C(C)(C)C)cc1. The maximum Gasteiger partial charge on any atom is 0.0632 e. The van der Waals surface area contributed by atoms with Gasteiger partial charge < -0.3 is 10.7 Å². The van der Waals surface area contributed by atoms with Crippen LogP contribution in [0.15, 0.2) is 54.6 Å². The Morgan fingerprint density at radius 1 is 0.731 bits per heavy atom. The fourth-order valence-corrected chi connectivity index (χ4v) is 2.83. The van der Waals surface area contributed by atoms with Gasteiger partial charge in [-0.15, -0.1) is 0 Å². The van der Waals surface area contributed by atoms with Crippen molar-refractivity contribution >= 4 is 11.4 Å². The van der Waals surface area contributed by atoms with Crippen LogP contribution in [0.4, 0.5) is 0 Å². The van der Waals surface area contributed by atoms with E-state index in [1.807, 2.05) is 25.3 Å².